The summed E-state index contributed by atoms with van der Waals surface area (Å²) in [6.45, 7) is 2.63. The molecule has 2 aromatic rings. The van der Waals surface area contributed by atoms with Gasteiger partial charge in [-0.1, -0.05) is 5.16 Å². The Balaban J connectivity index is 1.85. The van der Waals surface area contributed by atoms with E-state index < -0.39 is 5.76 Å². The highest BCUT2D eigenvalue weighted by Crippen LogP contribution is 2.17. The zero-order valence-corrected chi connectivity index (χ0v) is 12.3. The summed E-state index contributed by atoms with van der Waals surface area (Å²) >= 11 is 0. The zero-order valence-electron chi connectivity index (χ0n) is 12.3. The Labute approximate surface area is 126 Å². The molecule has 1 amide bonds. The fourth-order valence-electron chi connectivity index (χ4n) is 2.68. The molecule has 116 valence electrons. The van der Waals surface area contributed by atoms with Crippen LogP contribution in [-0.2, 0) is 11.3 Å². The summed E-state index contributed by atoms with van der Waals surface area (Å²) in [6, 6.07) is 1.85. The predicted molar refractivity (Wildman–Crippen MR) is 76.8 cm³/mol. The number of rotatable bonds is 3. The highest BCUT2D eigenvalue weighted by Gasteiger charge is 2.25. The van der Waals surface area contributed by atoms with Crippen molar-refractivity contribution in [2.24, 2.45) is 0 Å². The summed E-state index contributed by atoms with van der Waals surface area (Å²) in [4.78, 5) is 34.2. The smallest absolute Gasteiger partial charge is 0.338 e. The second-order valence-electron chi connectivity index (χ2n) is 5.36. The van der Waals surface area contributed by atoms with E-state index >= 15 is 0 Å². The maximum atomic E-state index is 12.5. The van der Waals surface area contributed by atoms with Crippen molar-refractivity contribution < 1.29 is 9.32 Å². The van der Waals surface area contributed by atoms with Crippen LogP contribution in [0.25, 0.3) is 11.6 Å². The third kappa shape index (κ3) is 2.76. The first-order chi connectivity index (χ1) is 10.7. The van der Waals surface area contributed by atoms with Crippen LogP contribution in [0, 0.1) is 0 Å². The number of piperidine rings is 1. The molecule has 0 aliphatic carbocycles. The van der Waals surface area contributed by atoms with E-state index in [1.54, 1.807) is 23.4 Å². The molecule has 0 N–H and O–H groups in total. The van der Waals surface area contributed by atoms with Crippen LogP contribution in [0.5, 0.6) is 0 Å². The van der Waals surface area contributed by atoms with Crippen molar-refractivity contribution in [3.05, 3.63) is 29.0 Å². The summed E-state index contributed by atoms with van der Waals surface area (Å²) < 4.78 is 5.85. The molecule has 8 heteroatoms. The van der Waals surface area contributed by atoms with Gasteiger partial charge in [0, 0.05) is 25.0 Å². The lowest BCUT2D eigenvalue weighted by molar-refractivity contribution is -0.135. The fraction of sp³-hybridized carbons (Fsp3) is 0.500. The quantitative estimate of drug-likeness (QED) is 0.828. The van der Waals surface area contributed by atoms with Gasteiger partial charge in [0.2, 0.25) is 11.7 Å². The summed E-state index contributed by atoms with van der Waals surface area (Å²) in [5, 5.41) is 3.68. The van der Waals surface area contributed by atoms with E-state index in [4.69, 9.17) is 0 Å². The maximum absolute atomic E-state index is 12.5. The number of aromatic nitrogens is 4. The molecule has 0 spiro atoms. The molecular weight excluding hydrogens is 286 g/mol. The molecule has 8 nitrogen and oxygen atoms in total. The number of hydrogen-bond acceptors (Lipinski definition) is 6. The number of carbonyl (C=O) groups is 1. The molecule has 22 heavy (non-hydrogen) atoms. The highest BCUT2D eigenvalue weighted by atomic mass is 16.5. The third-order valence-corrected chi connectivity index (χ3v) is 3.87. The topological polar surface area (TPSA) is 94.1 Å². The molecular formula is C14H17N5O3. The zero-order chi connectivity index (χ0) is 15.5. The van der Waals surface area contributed by atoms with E-state index in [9.17, 15) is 9.59 Å². The largest absolute Gasteiger partial charge is 0.442 e. The molecule has 1 saturated heterocycles. The van der Waals surface area contributed by atoms with Crippen molar-refractivity contribution in [1.82, 2.24) is 24.6 Å². The third-order valence-electron chi connectivity index (χ3n) is 3.87. The number of hydrogen-bond donors (Lipinski definition) is 0. The minimum absolute atomic E-state index is 0.111. The molecule has 1 aliphatic rings. The SMILES string of the molecule is C[C@H]1CCCCN1C(=O)Cn1c(-c2ncccn2)noc1=O. The van der Waals surface area contributed by atoms with Gasteiger partial charge in [-0.2, -0.15) is 0 Å². The molecule has 1 aliphatic heterocycles. The van der Waals surface area contributed by atoms with E-state index in [1.165, 1.54) is 4.57 Å². The van der Waals surface area contributed by atoms with Crippen LogP contribution in [0.1, 0.15) is 26.2 Å². The van der Waals surface area contributed by atoms with E-state index in [2.05, 4.69) is 19.6 Å². The minimum atomic E-state index is -0.680. The average Bonchev–Trinajstić information content (AvgIpc) is 2.89. The molecule has 0 unspecified atom stereocenters. The molecule has 0 radical (unpaired) electrons. The number of amides is 1. The van der Waals surface area contributed by atoms with Gasteiger partial charge in [0.25, 0.3) is 0 Å². The van der Waals surface area contributed by atoms with E-state index in [1.807, 2.05) is 6.92 Å². The Hall–Kier alpha value is -2.51. The van der Waals surface area contributed by atoms with Crippen molar-refractivity contribution in [2.45, 2.75) is 38.8 Å². The standard InChI is InChI=1S/C14H17N5O3/c1-10-5-2-3-8-18(10)11(20)9-19-13(17-22-14(19)21)12-15-6-4-7-16-12/h4,6-7,10H,2-3,5,8-9H2,1H3/t10-/m0/s1. The van der Waals surface area contributed by atoms with Gasteiger partial charge < -0.3 is 4.90 Å². The molecule has 0 aromatic carbocycles. The van der Waals surface area contributed by atoms with Crippen LogP contribution in [0.15, 0.2) is 27.8 Å². The minimum Gasteiger partial charge on any atom is -0.338 e. The molecule has 3 heterocycles. The van der Waals surface area contributed by atoms with Gasteiger partial charge in [0.05, 0.1) is 0 Å². The molecule has 3 rings (SSSR count). The Bertz CT molecular complexity index is 709. The van der Waals surface area contributed by atoms with Gasteiger partial charge in [-0.05, 0) is 32.3 Å². The Morgan fingerprint density at radius 1 is 1.36 bits per heavy atom. The van der Waals surface area contributed by atoms with Crippen LogP contribution < -0.4 is 5.76 Å². The van der Waals surface area contributed by atoms with Gasteiger partial charge in [0.15, 0.2) is 5.82 Å². The average molecular weight is 303 g/mol. The maximum Gasteiger partial charge on any atom is 0.442 e. The highest BCUT2D eigenvalue weighted by molar-refractivity contribution is 5.76. The van der Waals surface area contributed by atoms with E-state index in [0.29, 0.717) is 0 Å². The lowest BCUT2D eigenvalue weighted by Gasteiger charge is -2.33. The van der Waals surface area contributed by atoms with Crippen molar-refractivity contribution >= 4 is 5.91 Å². The second kappa shape index (κ2) is 6.08. The second-order valence-corrected chi connectivity index (χ2v) is 5.36. The number of nitrogens with zero attached hydrogens (tertiary/aromatic N) is 5. The molecule has 0 bridgehead atoms. The van der Waals surface area contributed by atoms with Gasteiger partial charge in [-0.25, -0.2) is 19.3 Å². The lowest BCUT2D eigenvalue weighted by atomic mass is 10.0. The summed E-state index contributed by atoms with van der Waals surface area (Å²) in [7, 11) is 0. The normalized spacial score (nSPS) is 18.4. The van der Waals surface area contributed by atoms with Crippen molar-refractivity contribution in [1.29, 1.82) is 0 Å². The van der Waals surface area contributed by atoms with Crippen LogP contribution in [0.2, 0.25) is 0 Å². The summed E-state index contributed by atoms with van der Waals surface area (Å²) in [5.41, 5.74) is 0. The first-order valence-corrected chi connectivity index (χ1v) is 7.30. The van der Waals surface area contributed by atoms with Crippen LogP contribution >= 0.6 is 0 Å². The monoisotopic (exact) mass is 303 g/mol. The van der Waals surface area contributed by atoms with Crippen LogP contribution in [0.4, 0.5) is 0 Å². The van der Waals surface area contributed by atoms with Crippen molar-refractivity contribution in [3.8, 4) is 11.6 Å². The van der Waals surface area contributed by atoms with Gasteiger partial charge >= 0.3 is 5.76 Å². The Morgan fingerprint density at radius 3 is 2.86 bits per heavy atom. The summed E-state index contributed by atoms with van der Waals surface area (Å²) in [5.74, 6) is -0.369. The molecule has 1 atom stereocenters. The van der Waals surface area contributed by atoms with Gasteiger partial charge in [-0.3, -0.25) is 9.32 Å². The van der Waals surface area contributed by atoms with Crippen molar-refractivity contribution in [2.75, 3.05) is 6.54 Å². The predicted octanol–water partition coefficient (Wildman–Crippen LogP) is 0.694. The first-order valence-electron chi connectivity index (χ1n) is 7.30. The van der Waals surface area contributed by atoms with E-state index in [0.717, 1.165) is 25.8 Å². The van der Waals surface area contributed by atoms with Crippen LogP contribution in [0.3, 0.4) is 0 Å². The molecule has 0 saturated carbocycles. The molecule has 1 fully saturated rings. The Morgan fingerprint density at radius 2 is 2.14 bits per heavy atom. The lowest BCUT2D eigenvalue weighted by Crippen LogP contribution is -2.44. The van der Waals surface area contributed by atoms with Gasteiger partial charge in [-0.15, -0.1) is 0 Å². The Kier molecular flexibility index (Phi) is 3.99. The first kappa shape index (κ1) is 14.4. The molecule has 2 aromatic heterocycles. The number of likely N-dealkylation sites (tertiary alicyclic amines) is 1. The van der Waals surface area contributed by atoms with Gasteiger partial charge in [0.1, 0.15) is 6.54 Å². The summed E-state index contributed by atoms with van der Waals surface area (Å²) in [6.07, 6.45) is 6.18. The van der Waals surface area contributed by atoms with Crippen molar-refractivity contribution in [3.63, 3.8) is 0 Å². The number of carbonyl (C=O) groups excluding carboxylic acids is 1. The van der Waals surface area contributed by atoms with Crippen LogP contribution in [-0.4, -0.2) is 43.1 Å². The fourth-order valence-corrected chi connectivity index (χ4v) is 2.68. The van der Waals surface area contributed by atoms with E-state index in [-0.39, 0.29) is 30.1 Å².